The van der Waals surface area contributed by atoms with Gasteiger partial charge < -0.3 is 9.84 Å². The van der Waals surface area contributed by atoms with Gasteiger partial charge in [0, 0.05) is 0 Å². The van der Waals surface area contributed by atoms with Gasteiger partial charge in [0.05, 0.1) is 6.26 Å². The Morgan fingerprint density at radius 3 is 2.70 bits per heavy atom. The summed E-state index contributed by atoms with van der Waals surface area (Å²) >= 11 is 0. The number of ether oxygens (including phenoxy) is 1. The zero-order valence-electron chi connectivity index (χ0n) is 6.20. The zero-order valence-corrected chi connectivity index (χ0v) is 6.20. The summed E-state index contributed by atoms with van der Waals surface area (Å²) in [5.41, 5.74) is 0. The van der Waals surface area contributed by atoms with Crippen LogP contribution in [0, 0.1) is 5.92 Å². The molecule has 0 spiro atoms. The van der Waals surface area contributed by atoms with Crippen molar-refractivity contribution in [3.8, 4) is 0 Å². The van der Waals surface area contributed by atoms with E-state index in [1.54, 1.807) is 6.08 Å². The summed E-state index contributed by atoms with van der Waals surface area (Å²) in [5.74, 6) is -0.554. The summed E-state index contributed by atoms with van der Waals surface area (Å²) in [5, 5.41) is 8.12. The molecule has 0 bridgehead atoms. The standard InChI is InChI=1S/C7H12O3/c1-6(2)3-4-10-5-7(8)9/h3-4,6H,5H2,1-2H3,(H,8,9). The van der Waals surface area contributed by atoms with Crippen LogP contribution in [0.25, 0.3) is 0 Å². The van der Waals surface area contributed by atoms with Gasteiger partial charge in [-0.05, 0) is 12.0 Å². The first-order valence-corrected chi connectivity index (χ1v) is 3.13. The SMILES string of the molecule is CC(C)C=COCC(=O)O. The Morgan fingerprint density at radius 2 is 2.30 bits per heavy atom. The number of carboxylic acids is 1. The molecule has 3 heteroatoms. The molecule has 3 nitrogen and oxygen atoms in total. The maximum absolute atomic E-state index is 9.89. The molecule has 0 aromatic heterocycles. The number of rotatable bonds is 4. The summed E-state index contributed by atoms with van der Waals surface area (Å²) in [4.78, 5) is 9.89. The Bertz CT molecular complexity index is 127. The average Bonchev–Trinajstić information content (AvgIpc) is 1.79. The molecular weight excluding hydrogens is 132 g/mol. The van der Waals surface area contributed by atoms with Crippen LogP contribution in [0.15, 0.2) is 12.3 Å². The number of carbonyl (C=O) groups is 1. The van der Waals surface area contributed by atoms with Gasteiger partial charge in [-0.2, -0.15) is 0 Å². The minimum Gasteiger partial charge on any atom is -0.490 e. The molecule has 0 saturated heterocycles. The van der Waals surface area contributed by atoms with Crippen LogP contribution in [0.4, 0.5) is 0 Å². The first-order valence-electron chi connectivity index (χ1n) is 3.13. The lowest BCUT2D eigenvalue weighted by molar-refractivity contribution is -0.140. The van der Waals surface area contributed by atoms with E-state index in [1.165, 1.54) is 6.26 Å². The van der Waals surface area contributed by atoms with E-state index in [2.05, 4.69) is 4.74 Å². The molecule has 10 heavy (non-hydrogen) atoms. The highest BCUT2D eigenvalue weighted by atomic mass is 16.5. The fourth-order valence-corrected chi connectivity index (χ4v) is 0.332. The third-order valence-corrected chi connectivity index (χ3v) is 0.767. The van der Waals surface area contributed by atoms with Gasteiger partial charge in [0.15, 0.2) is 6.61 Å². The Hall–Kier alpha value is -0.990. The second kappa shape index (κ2) is 4.85. The molecule has 0 fully saturated rings. The fourth-order valence-electron chi connectivity index (χ4n) is 0.332. The second-order valence-electron chi connectivity index (χ2n) is 2.28. The Kier molecular flexibility index (Phi) is 4.37. The van der Waals surface area contributed by atoms with Crippen LogP contribution in [-0.2, 0) is 9.53 Å². The van der Waals surface area contributed by atoms with E-state index in [9.17, 15) is 4.79 Å². The number of aliphatic carboxylic acids is 1. The predicted octanol–water partition coefficient (Wildman–Crippen LogP) is 1.26. The van der Waals surface area contributed by atoms with Crippen molar-refractivity contribution in [2.75, 3.05) is 6.61 Å². The van der Waals surface area contributed by atoms with Crippen molar-refractivity contribution in [3.63, 3.8) is 0 Å². The minimum atomic E-state index is -0.951. The molecule has 0 aliphatic carbocycles. The Labute approximate surface area is 60.3 Å². The molecule has 0 rings (SSSR count). The van der Waals surface area contributed by atoms with Crippen molar-refractivity contribution in [1.29, 1.82) is 0 Å². The van der Waals surface area contributed by atoms with Gasteiger partial charge >= 0.3 is 5.97 Å². The van der Waals surface area contributed by atoms with Crippen LogP contribution in [-0.4, -0.2) is 17.7 Å². The molecule has 0 aromatic rings. The predicted molar refractivity (Wildman–Crippen MR) is 37.6 cm³/mol. The molecule has 0 aliphatic heterocycles. The lowest BCUT2D eigenvalue weighted by Crippen LogP contribution is -2.02. The lowest BCUT2D eigenvalue weighted by atomic mass is 10.2. The highest BCUT2D eigenvalue weighted by Gasteiger charge is 1.91. The van der Waals surface area contributed by atoms with Crippen LogP contribution in [0.1, 0.15) is 13.8 Å². The lowest BCUT2D eigenvalue weighted by Gasteiger charge is -1.95. The van der Waals surface area contributed by atoms with Gasteiger partial charge in [-0.1, -0.05) is 13.8 Å². The van der Waals surface area contributed by atoms with E-state index in [0.29, 0.717) is 5.92 Å². The summed E-state index contributed by atoms with van der Waals surface area (Å²) in [6.45, 7) is 3.71. The maximum atomic E-state index is 9.89. The monoisotopic (exact) mass is 144 g/mol. The van der Waals surface area contributed by atoms with Crippen molar-refractivity contribution in [3.05, 3.63) is 12.3 Å². The molecule has 0 atom stereocenters. The van der Waals surface area contributed by atoms with Crippen LogP contribution in [0.5, 0.6) is 0 Å². The number of hydrogen-bond donors (Lipinski definition) is 1. The van der Waals surface area contributed by atoms with Crippen LogP contribution in [0.2, 0.25) is 0 Å². The molecule has 1 N–H and O–H groups in total. The minimum absolute atomic E-state index is 0.261. The zero-order chi connectivity index (χ0) is 7.98. The van der Waals surface area contributed by atoms with Gasteiger partial charge in [0.2, 0.25) is 0 Å². The summed E-state index contributed by atoms with van der Waals surface area (Å²) < 4.78 is 4.63. The first kappa shape index (κ1) is 9.01. The van der Waals surface area contributed by atoms with Gasteiger partial charge in [0.1, 0.15) is 0 Å². The maximum Gasteiger partial charge on any atom is 0.341 e. The number of carboxylic acid groups (broad SMARTS) is 1. The van der Waals surface area contributed by atoms with E-state index in [0.717, 1.165) is 0 Å². The van der Waals surface area contributed by atoms with Crippen molar-refractivity contribution < 1.29 is 14.6 Å². The van der Waals surface area contributed by atoms with Crippen molar-refractivity contribution in [2.45, 2.75) is 13.8 Å². The van der Waals surface area contributed by atoms with E-state index in [-0.39, 0.29) is 6.61 Å². The highest BCUT2D eigenvalue weighted by Crippen LogP contribution is 1.92. The quantitative estimate of drug-likeness (QED) is 0.604. The van der Waals surface area contributed by atoms with Crippen molar-refractivity contribution >= 4 is 5.97 Å². The third-order valence-electron chi connectivity index (χ3n) is 0.767. The van der Waals surface area contributed by atoms with Crippen LogP contribution in [0.3, 0.4) is 0 Å². The van der Waals surface area contributed by atoms with Crippen molar-refractivity contribution in [2.24, 2.45) is 5.92 Å². The van der Waals surface area contributed by atoms with Crippen LogP contribution >= 0.6 is 0 Å². The van der Waals surface area contributed by atoms with Crippen molar-refractivity contribution in [1.82, 2.24) is 0 Å². The molecule has 0 radical (unpaired) electrons. The molecule has 0 aliphatic rings. The highest BCUT2D eigenvalue weighted by molar-refractivity contribution is 5.68. The van der Waals surface area contributed by atoms with Crippen LogP contribution < -0.4 is 0 Å². The topological polar surface area (TPSA) is 46.5 Å². The van der Waals surface area contributed by atoms with Gasteiger partial charge in [-0.3, -0.25) is 0 Å². The normalized spacial score (nSPS) is 10.7. The molecule has 0 aromatic carbocycles. The van der Waals surface area contributed by atoms with Gasteiger partial charge in [0.25, 0.3) is 0 Å². The number of hydrogen-bond acceptors (Lipinski definition) is 2. The van der Waals surface area contributed by atoms with Gasteiger partial charge in [-0.25, -0.2) is 4.79 Å². The summed E-state index contributed by atoms with van der Waals surface area (Å²) in [6, 6.07) is 0. The average molecular weight is 144 g/mol. The molecule has 0 unspecified atom stereocenters. The van der Waals surface area contributed by atoms with E-state index in [1.807, 2.05) is 13.8 Å². The smallest absolute Gasteiger partial charge is 0.341 e. The van der Waals surface area contributed by atoms with E-state index < -0.39 is 5.97 Å². The van der Waals surface area contributed by atoms with Gasteiger partial charge in [-0.15, -0.1) is 0 Å². The first-order chi connectivity index (χ1) is 4.63. The Balaban J connectivity index is 3.27. The Morgan fingerprint density at radius 1 is 1.70 bits per heavy atom. The molecule has 0 heterocycles. The molecular formula is C7H12O3. The summed E-state index contributed by atoms with van der Waals surface area (Å²) in [6.07, 6.45) is 3.21. The molecule has 0 saturated carbocycles. The molecule has 0 amide bonds. The fraction of sp³-hybridized carbons (Fsp3) is 0.571. The second-order valence-corrected chi connectivity index (χ2v) is 2.28. The van der Waals surface area contributed by atoms with E-state index in [4.69, 9.17) is 5.11 Å². The third kappa shape index (κ3) is 7.01. The number of allylic oxidation sites excluding steroid dienone is 1. The van der Waals surface area contributed by atoms with E-state index >= 15 is 0 Å². The summed E-state index contributed by atoms with van der Waals surface area (Å²) in [7, 11) is 0. The molecule has 58 valence electrons. The largest absolute Gasteiger partial charge is 0.490 e.